The van der Waals surface area contributed by atoms with Gasteiger partial charge in [-0.15, -0.1) is 0 Å². The van der Waals surface area contributed by atoms with Crippen molar-refractivity contribution >= 4 is 32.3 Å². The lowest BCUT2D eigenvalue weighted by Gasteiger charge is -2.07. The molecule has 2 heterocycles. The van der Waals surface area contributed by atoms with Gasteiger partial charge in [-0.25, -0.2) is 22.8 Å². The van der Waals surface area contributed by atoms with Crippen LogP contribution in [0.3, 0.4) is 0 Å². The summed E-state index contributed by atoms with van der Waals surface area (Å²) in [5.74, 6) is 1.98. The second-order valence-corrected chi connectivity index (χ2v) is 11.8. The molecule has 0 aliphatic rings. The van der Waals surface area contributed by atoms with E-state index >= 15 is 0 Å². The van der Waals surface area contributed by atoms with Crippen LogP contribution >= 0.6 is 11.6 Å². The number of halogens is 2. The Kier molecular flexibility index (Phi) is 9.87. The minimum absolute atomic E-state index is 0.116. The summed E-state index contributed by atoms with van der Waals surface area (Å²) in [7, 11) is -2.95. The Hall–Kier alpha value is -3.79. The first-order chi connectivity index (χ1) is 19.2. The number of ether oxygens (including phenoxy) is 1. The maximum absolute atomic E-state index is 12.9. The monoisotopic (exact) mass is 581 g/mol. The van der Waals surface area contributed by atoms with Crippen molar-refractivity contribution in [3.63, 3.8) is 0 Å². The number of sulfone groups is 1. The van der Waals surface area contributed by atoms with Crippen molar-refractivity contribution in [1.82, 2.24) is 15.3 Å². The molecule has 0 saturated heterocycles. The molecule has 0 amide bonds. The highest BCUT2D eigenvalue weighted by atomic mass is 35.5. The van der Waals surface area contributed by atoms with Gasteiger partial charge in [-0.05, 0) is 67.1 Å². The molecule has 2 aromatic heterocycles. The third kappa shape index (κ3) is 8.61. The first kappa shape index (κ1) is 29.2. The normalized spacial score (nSPS) is 11.2. The first-order valence-corrected chi connectivity index (χ1v) is 14.9. The van der Waals surface area contributed by atoms with Gasteiger partial charge in [0.2, 0.25) is 0 Å². The Balaban J connectivity index is 0.000000201. The highest BCUT2D eigenvalue weighted by molar-refractivity contribution is 7.90. The number of benzene rings is 3. The van der Waals surface area contributed by atoms with Crippen molar-refractivity contribution in [2.75, 3.05) is 18.6 Å². The first-order valence-electron chi connectivity index (χ1n) is 12.5. The number of aryl methyl sites for hydroxylation is 1. The molecule has 0 bridgehead atoms. The minimum Gasteiger partial charge on any atom is -0.487 e. The minimum atomic E-state index is -2.95. The Morgan fingerprint density at radius 3 is 2.60 bits per heavy atom. The molecule has 3 aromatic carbocycles. The number of rotatable bonds is 9. The van der Waals surface area contributed by atoms with Gasteiger partial charge in [-0.1, -0.05) is 35.9 Å². The molecule has 0 atom stereocenters. The highest BCUT2D eigenvalue weighted by Crippen LogP contribution is 2.26. The van der Waals surface area contributed by atoms with Gasteiger partial charge in [-0.2, -0.15) is 0 Å². The number of nitrogens with one attached hydrogen (secondary N) is 1. The van der Waals surface area contributed by atoms with Crippen LogP contribution < -0.4 is 10.1 Å². The van der Waals surface area contributed by atoms with Crippen LogP contribution in [0.25, 0.3) is 22.2 Å². The lowest BCUT2D eigenvalue weighted by molar-refractivity contribution is 0.306. The maximum Gasteiger partial charge on any atom is 0.148 e. The molecule has 5 rings (SSSR count). The van der Waals surface area contributed by atoms with E-state index in [1.807, 2.05) is 49.4 Å². The highest BCUT2D eigenvalue weighted by Gasteiger charge is 2.08. The molecular formula is C30H29ClFN3O4S. The van der Waals surface area contributed by atoms with Crippen LogP contribution in [0.15, 0.2) is 89.6 Å². The van der Waals surface area contributed by atoms with Gasteiger partial charge >= 0.3 is 0 Å². The van der Waals surface area contributed by atoms with Crippen LogP contribution in [0.2, 0.25) is 5.02 Å². The van der Waals surface area contributed by atoms with Crippen molar-refractivity contribution in [2.24, 2.45) is 0 Å². The fraction of sp³-hybridized carbons (Fsp3) is 0.200. The number of furan rings is 1. The van der Waals surface area contributed by atoms with Crippen molar-refractivity contribution in [2.45, 2.75) is 20.1 Å². The lowest BCUT2D eigenvalue weighted by atomic mass is 10.1. The van der Waals surface area contributed by atoms with Crippen LogP contribution in [-0.2, 0) is 23.0 Å². The second-order valence-electron chi connectivity index (χ2n) is 9.11. The van der Waals surface area contributed by atoms with E-state index in [1.165, 1.54) is 18.4 Å². The molecule has 5 aromatic rings. The van der Waals surface area contributed by atoms with Gasteiger partial charge in [0.25, 0.3) is 0 Å². The molecule has 0 unspecified atom stereocenters. The van der Waals surface area contributed by atoms with Crippen LogP contribution in [-0.4, -0.2) is 36.9 Å². The van der Waals surface area contributed by atoms with Crippen molar-refractivity contribution in [3.05, 3.63) is 113 Å². The largest absolute Gasteiger partial charge is 0.487 e. The molecule has 7 nitrogen and oxygen atoms in total. The summed E-state index contributed by atoms with van der Waals surface area (Å²) < 4.78 is 46.4. The summed E-state index contributed by atoms with van der Waals surface area (Å²) in [6, 6.07) is 23.2. The molecule has 0 saturated carbocycles. The van der Waals surface area contributed by atoms with Crippen molar-refractivity contribution < 1.29 is 22.0 Å². The van der Waals surface area contributed by atoms with Crippen LogP contribution in [0.4, 0.5) is 4.39 Å². The molecule has 0 aliphatic carbocycles. The van der Waals surface area contributed by atoms with Gasteiger partial charge < -0.3 is 14.5 Å². The smallest absolute Gasteiger partial charge is 0.148 e. The number of hydrogen-bond acceptors (Lipinski definition) is 7. The summed E-state index contributed by atoms with van der Waals surface area (Å²) in [5, 5.41) is 4.62. The fourth-order valence-electron chi connectivity index (χ4n) is 3.79. The molecule has 1 N–H and O–H groups in total. The third-order valence-electron chi connectivity index (χ3n) is 5.85. The SMILES string of the molecule is Cc1ncnc2ccc(-c3ccc(CNCCS(C)(=O)=O)o3)cc12.Fc1cccc(COc2ccccc2Cl)c1. The van der Waals surface area contributed by atoms with Crippen molar-refractivity contribution in [1.29, 1.82) is 0 Å². The Morgan fingerprint density at radius 1 is 1.00 bits per heavy atom. The zero-order valence-corrected chi connectivity index (χ0v) is 23.7. The predicted octanol–water partition coefficient (Wildman–Crippen LogP) is 6.39. The maximum atomic E-state index is 12.9. The second kappa shape index (κ2) is 13.5. The van der Waals surface area contributed by atoms with E-state index in [0.29, 0.717) is 30.5 Å². The summed E-state index contributed by atoms with van der Waals surface area (Å²) in [5.41, 5.74) is 3.57. The van der Waals surface area contributed by atoms with Crippen LogP contribution in [0, 0.1) is 12.7 Å². The summed E-state index contributed by atoms with van der Waals surface area (Å²) in [6.45, 7) is 3.15. The lowest BCUT2D eigenvalue weighted by Crippen LogP contribution is -2.21. The Morgan fingerprint density at radius 2 is 1.82 bits per heavy atom. The molecule has 0 spiro atoms. The van der Waals surface area contributed by atoms with Gasteiger partial charge in [0.05, 0.1) is 22.8 Å². The molecular weight excluding hydrogens is 553 g/mol. The van der Waals surface area contributed by atoms with E-state index in [4.69, 9.17) is 20.8 Å². The molecule has 10 heteroatoms. The average molecular weight is 582 g/mol. The van der Waals surface area contributed by atoms with Crippen LogP contribution in [0.5, 0.6) is 5.75 Å². The van der Waals surface area contributed by atoms with Gasteiger partial charge in [-0.3, -0.25) is 0 Å². The van der Waals surface area contributed by atoms with E-state index < -0.39 is 9.84 Å². The molecule has 0 aliphatic heterocycles. The zero-order valence-electron chi connectivity index (χ0n) is 22.1. The van der Waals surface area contributed by atoms with Crippen molar-refractivity contribution in [3.8, 4) is 17.1 Å². The summed E-state index contributed by atoms with van der Waals surface area (Å²) >= 11 is 5.92. The number of para-hydroxylation sites is 1. The number of fused-ring (bicyclic) bond motifs is 1. The predicted molar refractivity (Wildman–Crippen MR) is 156 cm³/mol. The Labute approximate surface area is 237 Å². The van der Waals surface area contributed by atoms with E-state index in [9.17, 15) is 12.8 Å². The van der Waals surface area contributed by atoms with E-state index in [2.05, 4.69) is 15.3 Å². The average Bonchev–Trinajstić information content (AvgIpc) is 3.40. The van der Waals surface area contributed by atoms with Gasteiger partial charge in [0.1, 0.15) is 45.9 Å². The zero-order chi connectivity index (χ0) is 28.5. The molecule has 40 heavy (non-hydrogen) atoms. The van der Waals surface area contributed by atoms with E-state index in [0.717, 1.165) is 39.2 Å². The van der Waals surface area contributed by atoms with Gasteiger partial charge in [0.15, 0.2) is 0 Å². The topological polar surface area (TPSA) is 94.3 Å². The van der Waals surface area contributed by atoms with E-state index in [1.54, 1.807) is 30.6 Å². The third-order valence-corrected chi connectivity index (χ3v) is 7.11. The molecule has 0 radical (unpaired) electrons. The molecule has 0 fully saturated rings. The van der Waals surface area contributed by atoms with Gasteiger partial charge in [0, 0.05) is 29.4 Å². The van der Waals surface area contributed by atoms with Crippen LogP contribution in [0.1, 0.15) is 17.0 Å². The summed E-state index contributed by atoms with van der Waals surface area (Å²) in [6.07, 6.45) is 2.79. The Bertz CT molecular complexity index is 1690. The summed E-state index contributed by atoms with van der Waals surface area (Å²) in [4.78, 5) is 8.47. The quantitative estimate of drug-likeness (QED) is 0.202. The number of hydrogen-bond donors (Lipinski definition) is 1. The standard InChI is InChI=1S/C17H19N3O3S.C13H10ClFO/c1-12-15-9-13(3-5-16(15)20-11-19-12)17-6-4-14(23-17)10-18-7-8-24(2,21)22;14-12-6-1-2-7-13(12)16-9-10-4-3-5-11(15)8-10/h3-6,9,11,18H,7-8,10H2,1-2H3;1-8H,9H2. The molecule has 208 valence electrons. The van der Waals surface area contributed by atoms with E-state index in [-0.39, 0.29) is 11.6 Å². The number of nitrogens with zero attached hydrogens (tertiary/aromatic N) is 2. The number of aromatic nitrogens is 2. The fourth-order valence-corrected chi connectivity index (χ4v) is 4.49.